The molecule has 0 saturated carbocycles. The average molecular weight is 267 g/mol. The standard InChI is InChI=1S/C19H38/c1-4-7-9-11-13-15-18-19(16-6-3)17-14-12-10-8-5-2/h8,10,19H,4-7,9,11-18H2,1-3H3. The molecule has 0 rings (SSSR count). The molecule has 0 heteroatoms. The lowest BCUT2D eigenvalue weighted by Gasteiger charge is -2.15. The molecular weight excluding hydrogens is 228 g/mol. The first-order valence-electron chi connectivity index (χ1n) is 9.00. The quantitative estimate of drug-likeness (QED) is 0.229. The first kappa shape index (κ1) is 18.7. The molecule has 0 aromatic carbocycles. The van der Waals surface area contributed by atoms with E-state index in [1.54, 1.807) is 0 Å². The van der Waals surface area contributed by atoms with Gasteiger partial charge in [0.25, 0.3) is 0 Å². The van der Waals surface area contributed by atoms with Gasteiger partial charge in [-0.3, -0.25) is 0 Å². The van der Waals surface area contributed by atoms with E-state index >= 15 is 0 Å². The number of hydrogen-bond acceptors (Lipinski definition) is 0. The first-order valence-corrected chi connectivity index (χ1v) is 9.00. The van der Waals surface area contributed by atoms with E-state index in [9.17, 15) is 0 Å². The molecule has 0 aliphatic heterocycles. The monoisotopic (exact) mass is 266 g/mol. The van der Waals surface area contributed by atoms with Gasteiger partial charge >= 0.3 is 0 Å². The molecule has 0 N–H and O–H groups in total. The summed E-state index contributed by atoms with van der Waals surface area (Å²) >= 11 is 0. The molecule has 0 amide bonds. The summed E-state index contributed by atoms with van der Waals surface area (Å²) in [5.41, 5.74) is 0. The summed E-state index contributed by atoms with van der Waals surface area (Å²) in [4.78, 5) is 0. The first-order chi connectivity index (χ1) is 9.35. The van der Waals surface area contributed by atoms with E-state index in [0.29, 0.717) is 0 Å². The zero-order chi connectivity index (χ0) is 14.2. The van der Waals surface area contributed by atoms with Crippen LogP contribution in [-0.4, -0.2) is 0 Å². The highest BCUT2D eigenvalue weighted by molar-refractivity contribution is 4.80. The second-order valence-corrected chi connectivity index (χ2v) is 6.02. The van der Waals surface area contributed by atoms with Crippen LogP contribution in [0.3, 0.4) is 0 Å². The lowest BCUT2D eigenvalue weighted by Crippen LogP contribution is -2.00. The molecule has 0 heterocycles. The van der Waals surface area contributed by atoms with Gasteiger partial charge in [0.2, 0.25) is 0 Å². The molecule has 0 fully saturated rings. The van der Waals surface area contributed by atoms with Crippen LogP contribution in [-0.2, 0) is 0 Å². The summed E-state index contributed by atoms with van der Waals surface area (Å²) in [6.07, 6.45) is 23.0. The Hall–Kier alpha value is -0.260. The Kier molecular flexibility index (Phi) is 15.6. The van der Waals surface area contributed by atoms with Crippen LogP contribution >= 0.6 is 0 Å². The molecule has 114 valence electrons. The number of unbranched alkanes of at least 4 members (excludes halogenated alkanes) is 6. The normalized spacial score (nSPS) is 13.2. The fourth-order valence-electron chi connectivity index (χ4n) is 2.86. The number of hydrogen-bond donors (Lipinski definition) is 0. The maximum absolute atomic E-state index is 2.37. The molecule has 0 aromatic rings. The minimum absolute atomic E-state index is 1.01. The number of allylic oxidation sites excluding steroid dienone is 2. The van der Waals surface area contributed by atoms with Gasteiger partial charge in [-0.25, -0.2) is 0 Å². The summed E-state index contributed by atoms with van der Waals surface area (Å²) in [6.45, 7) is 6.85. The molecule has 1 atom stereocenters. The van der Waals surface area contributed by atoms with Crippen LogP contribution in [0.1, 0.15) is 104 Å². The molecule has 0 spiro atoms. The Morgan fingerprint density at radius 3 is 2.00 bits per heavy atom. The Balaban J connectivity index is 3.53. The van der Waals surface area contributed by atoms with Crippen LogP contribution in [0.15, 0.2) is 12.2 Å². The van der Waals surface area contributed by atoms with Crippen molar-refractivity contribution in [2.24, 2.45) is 5.92 Å². The van der Waals surface area contributed by atoms with E-state index in [4.69, 9.17) is 0 Å². The zero-order valence-corrected chi connectivity index (χ0v) is 13.9. The minimum atomic E-state index is 1.01. The van der Waals surface area contributed by atoms with Crippen LogP contribution in [0.25, 0.3) is 0 Å². The van der Waals surface area contributed by atoms with Gasteiger partial charge in [-0.15, -0.1) is 0 Å². The molecule has 0 nitrogen and oxygen atoms in total. The highest BCUT2D eigenvalue weighted by Crippen LogP contribution is 2.22. The zero-order valence-electron chi connectivity index (χ0n) is 13.9. The Labute approximate surface area is 123 Å². The summed E-state index contributed by atoms with van der Waals surface area (Å²) in [7, 11) is 0. The molecule has 19 heavy (non-hydrogen) atoms. The third-order valence-electron chi connectivity index (χ3n) is 4.05. The van der Waals surface area contributed by atoms with Crippen molar-refractivity contribution in [3.05, 3.63) is 12.2 Å². The van der Waals surface area contributed by atoms with Crippen molar-refractivity contribution in [2.45, 2.75) is 104 Å². The van der Waals surface area contributed by atoms with E-state index in [2.05, 4.69) is 32.9 Å². The van der Waals surface area contributed by atoms with Gasteiger partial charge in [-0.1, -0.05) is 97.1 Å². The molecule has 0 aromatic heterocycles. The maximum Gasteiger partial charge on any atom is -0.0351 e. The molecular formula is C19H38. The minimum Gasteiger partial charge on any atom is -0.0888 e. The van der Waals surface area contributed by atoms with Crippen LogP contribution in [0.5, 0.6) is 0 Å². The van der Waals surface area contributed by atoms with Crippen LogP contribution < -0.4 is 0 Å². The van der Waals surface area contributed by atoms with Gasteiger partial charge in [0, 0.05) is 0 Å². The predicted octanol–water partition coefficient (Wildman–Crippen LogP) is 7.29. The van der Waals surface area contributed by atoms with Crippen molar-refractivity contribution in [3.63, 3.8) is 0 Å². The van der Waals surface area contributed by atoms with Crippen LogP contribution in [0.4, 0.5) is 0 Å². The molecule has 0 aliphatic rings. The molecule has 0 radical (unpaired) electrons. The largest absolute Gasteiger partial charge is 0.0888 e. The summed E-state index contributed by atoms with van der Waals surface area (Å²) < 4.78 is 0. The SMILES string of the molecule is CCC=CCCCC(CCC)CCCCCCCC. The van der Waals surface area contributed by atoms with Gasteiger partial charge < -0.3 is 0 Å². The van der Waals surface area contributed by atoms with Gasteiger partial charge in [-0.05, 0) is 25.2 Å². The predicted molar refractivity (Wildman–Crippen MR) is 89.7 cm³/mol. The summed E-state index contributed by atoms with van der Waals surface area (Å²) in [5.74, 6) is 1.01. The van der Waals surface area contributed by atoms with E-state index in [0.717, 1.165) is 5.92 Å². The van der Waals surface area contributed by atoms with Crippen LogP contribution in [0, 0.1) is 5.92 Å². The van der Waals surface area contributed by atoms with E-state index in [1.165, 1.54) is 83.5 Å². The second-order valence-electron chi connectivity index (χ2n) is 6.02. The highest BCUT2D eigenvalue weighted by atomic mass is 14.1. The Bertz CT molecular complexity index is 180. The lowest BCUT2D eigenvalue weighted by atomic mass is 9.91. The average Bonchev–Trinajstić information content (AvgIpc) is 2.42. The van der Waals surface area contributed by atoms with E-state index in [-0.39, 0.29) is 0 Å². The van der Waals surface area contributed by atoms with Crippen molar-refractivity contribution in [1.29, 1.82) is 0 Å². The van der Waals surface area contributed by atoms with Crippen molar-refractivity contribution < 1.29 is 0 Å². The Morgan fingerprint density at radius 2 is 1.32 bits per heavy atom. The van der Waals surface area contributed by atoms with Gasteiger partial charge in [0.15, 0.2) is 0 Å². The summed E-state index contributed by atoms with van der Waals surface area (Å²) in [6, 6.07) is 0. The van der Waals surface area contributed by atoms with Gasteiger partial charge in [-0.2, -0.15) is 0 Å². The smallest absolute Gasteiger partial charge is 0.0351 e. The van der Waals surface area contributed by atoms with Crippen molar-refractivity contribution in [2.75, 3.05) is 0 Å². The molecule has 0 bridgehead atoms. The van der Waals surface area contributed by atoms with E-state index < -0.39 is 0 Å². The number of rotatable bonds is 14. The van der Waals surface area contributed by atoms with Gasteiger partial charge in [0.05, 0.1) is 0 Å². The Morgan fingerprint density at radius 1 is 0.632 bits per heavy atom. The molecule has 0 saturated heterocycles. The summed E-state index contributed by atoms with van der Waals surface area (Å²) in [5, 5.41) is 0. The maximum atomic E-state index is 2.37. The van der Waals surface area contributed by atoms with Crippen molar-refractivity contribution >= 4 is 0 Å². The van der Waals surface area contributed by atoms with Crippen molar-refractivity contribution in [3.8, 4) is 0 Å². The lowest BCUT2D eigenvalue weighted by molar-refractivity contribution is 0.386. The van der Waals surface area contributed by atoms with Crippen molar-refractivity contribution in [1.82, 2.24) is 0 Å². The second kappa shape index (κ2) is 15.8. The van der Waals surface area contributed by atoms with E-state index in [1.807, 2.05) is 0 Å². The molecule has 0 aliphatic carbocycles. The fourth-order valence-corrected chi connectivity index (χ4v) is 2.86. The highest BCUT2D eigenvalue weighted by Gasteiger charge is 2.06. The third-order valence-corrected chi connectivity index (χ3v) is 4.05. The third kappa shape index (κ3) is 14.0. The molecule has 1 unspecified atom stereocenters. The topological polar surface area (TPSA) is 0 Å². The van der Waals surface area contributed by atoms with Gasteiger partial charge in [0.1, 0.15) is 0 Å². The fraction of sp³-hybridized carbons (Fsp3) is 0.895. The van der Waals surface area contributed by atoms with Crippen LogP contribution in [0.2, 0.25) is 0 Å².